The van der Waals surface area contributed by atoms with Crippen LogP contribution >= 0.6 is 0 Å². The topological polar surface area (TPSA) is 77.6 Å². The van der Waals surface area contributed by atoms with Crippen LogP contribution in [0, 0.1) is 0 Å². The maximum Gasteiger partial charge on any atom is 0.227 e. The summed E-state index contributed by atoms with van der Waals surface area (Å²) in [5, 5.41) is 2.98. The molecule has 0 spiro atoms. The summed E-state index contributed by atoms with van der Waals surface area (Å²) in [6, 6.07) is 40.1. The van der Waals surface area contributed by atoms with Crippen LogP contribution in [0.15, 0.2) is 132 Å². The van der Waals surface area contributed by atoms with Gasteiger partial charge in [0.1, 0.15) is 5.58 Å². The smallest absolute Gasteiger partial charge is 0.227 e. The standard InChI is InChI=1S/C35H21N5O/c1-3-10-22(11-4-1)32-38-33(23-12-5-2-6-13-23)40-34(39-32)26-17-18-28(31-25(26)15-9-21-36-31)29-20-19-27-24-14-7-8-16-30(24)41-35(27)37-29/h1-21H. The van der Waals surface area contributed by atoms with Gasteiger partial charge in [0.05, 0.1) is 11.2 Å². The fraction of sp³-hybridized carbons (Fsp3) is 0. The molecule has 4 aromatic heterocycles. The minimum atomic E-state index is 0.586. The van der Waals surface area contributed by atoms with Crippen LogP contribution in [0.25, 0.3) is 78.4 Å². The number of aromatic nitrogens is 5. The summed E-state index contributed by atoms with van der Waals surface area (Å²) in [6.07, 6.45) is 1.80. The van der Waals surface area contributed by atoms with Crippen LogP contribution in [0.5, 0.6) is 0 Å². The molecule has 0 N–H and O–H groups in total. The van der Waals surface area contributed by atoms with Gasteiger partial charge in [0.25, 0.3) is 0 Å². The first-order valence-electron chi connectivity index (χ1n) is 13.4. The largest absolute Gasteiger partial charge is 0.438 e. The summed E-state index contributed by atoms with van der Waals surface area (Å²) in [6.45, 7) is 0. The monoisotopic (exact) mass is 527 g/mol. The van der Waals surface area contributed by atoms with E-state index in [4.69, 9.17) is 29.3 Å². The highest BCUT2D eigenvalue weighted by Gasteiger charge is 2.18. The van der Waals surface area contributed by atoms with E-state index in [9.17, 15) is 0 Å². The van der Waals surface area contributed by atoms with Gasteiger partial charge in [0, 0.05) is 44.6 Å². The average molecular weight is 528 g/mol. The summed E-state index contributed by atoms with van der Waals surface area (Å²) in [5.74, 6) is 1.82. The van der Waals surface area contributed by atoms with Crippen molar-refractivity contribution in [2.24, 2.45) is 0 Å². The van der Waals surface area contributed by atoms with Crippen molar-refractivity contribution in [3.05, 3.63) is 128 Å². The molecule has 8 aromatic rings. The van der Waals surface area contributed by atoms with E-state index in [1.807, 2.05) is 103 Å². The Hall–Kier alpha value is -5.75. The number of benzene rings is 4. The number of hydrogen-bond acceptors (Lipinski definition) is 6. The van der Waals surface area contributed by atoms with Gasteiger partial charge in [-0.25, -0.2) is 19.9 Å². The van der Waals surface area contributed by atoms with Gasteiger partial charge in [-0.05, 0) is 36.4 Å². The highest BCUT2D eigenvalue weighted by atomic mass is 16.3. The summed E-state index contributed by atoms with van der Waals surface area (Å²) >= 11 is 0. The van der Waals surface area contributed by atoms with Gasteiger partial charge >= 0.3 is 0 Å². The van der Waals surface area contributed by atoms with E-state index >= 15 is 0 Å². The Bertz CT molecular complexity index is 2150. The van der Waals surface area contributed by atoms with E-state index < -0.39 is 0 Å². The molecular formula is C35H21N5O. The number of nitrogens with zero attached hydrogens (tertiary/aromatic N) is 5. The molecule has 4 aromatic carbocycles. The van der Waals surface area contributed by atoms with Crippen molar-refractivity contribution in [2.75, 3.05) is 0 Å². The van der Waals surface area contributed by atoms with Crippen LogP contribution in [0.4, 0.5) is 0 Å². The zero-order valence-electron chi connectivity index (χ0n) is 21.8. The first kappa shape index (κ1) is 23.2. The van der Waals surface area contributed by atoms with Crippen molar-refractivity contribution in [1.29, 1.82) is 0 Å². The van der Waals surface area contributed by atoms with E-state index in [0.29, 0.717) is 23.2 Å². The maximum absolute atomic E-state index is 6.07. The number of fused-ring (bicyclic) bond motifs is 4. The Morgan fingerprint density at radius 3 is 1.83 bits per heavy atom. The maximum atomic E-state index is 6.07. The van der Waals surface area contributed by atoms with Crippen LogP contribution in [0.1, 0.15) is 0 Å². The van der Waals surface area contributed by atoms with Crippen molar-refractivity contribution in [3.63, 3.8) is 0 Å². The quantitative estimate of drug-likeness (QED) is 0.229. The second-order valence-electron chi connectivity index (χ2n) is 9.75. The van der Waals surface area contributed by atoms with Crippen LogP contribution < -0.4 is 0 Å². The highest BCUT2D eigenvalue weighted by molar-refractivity contribution is 6.05. The number of pyridine rings is 2. The first-order chi connectivity index (χ1) is 20.3. The average Bonchev–Trinajstić information content (AvgIpc) is 3.43. The molecule has 0 radical (unpaired) electrons. The second-order valence-corrected chi connectivity index (χ2v) is 9.75. The van der Waals surface area contributed by atoms with Gasteiger partial charge in [-0.3, -0.25) is 4.98 Å². The molecule has 6 nitrogen and oxygen atoms in total. The molecule has 0 saturated carbocycles. The third kappa shape index (κ3) is 4.01. The lowest BCUT2D eigenvalue weighted by molar-refractivity contribution is 0.654. The van der Waals surface area contributed by atoms with Gasteiger partial charge in [-0.15, -0.1) is 0 Å². The number of para-hydroxylation sites is 1. The van der Waals surface area contributed by atoms with Gasteiger partial charge in [0.15, 0.2) is 17.5 Å². The van der Waals surface area contributed by atoms with E-state index in [0.717, 1.165) is 55.2 Å². The minimum Gasteiger partial charge on any atom is -0.438 e. The lowest BCUT2D eigenvalue weighted by Crippen LogP contribution is -2.01. The number of rotatable bonds is 4. The van der Waals surface area contributed by atoms with Crippen molar-refractivity contribution in [3.8, 4) is 45.4 Å². The predicted molar refractivity (Wildman–Crippen MR) is 162 cm³/mol. The van der Waals surface area contributed by atoms with Crippen LogP contribution in [0.2, 0.25) is 0 Å². The summed E-state index contributed by atoms with van der Waals surface area (Å²) < 4.78 is 6.07. The molecule has 0 amide bonds. The summed E-state index contributed by atoms with van der Waals surface area (Å²) in [4.78, 5) is 24.4. The second kappa shape index (κ2) is 9.47. The molecule has 0 aliphatic carbocycles. The third-order valence-electron chi connectivity index (χ3n) is 7.23. The molecule has 0 atom stereocenters. The Balaban J connectivity index is 1.32. The molecule has 192 valence electrons. The highest BCUT2D eigenvalue weighted by Crippen LogP contribution is 2.36. The van der Waals surface area contributed by atoms with E-state index in [1.54, 1.807) is 6.20 Å². The van der Waals surface area contributed by atoms with Gasteiger partial charge in [0.2, 0.25) is 5.71 Å². The normalized spacial score (nSPS) is 11.4. The van der Waals surface area contributed by atoms with Crippen molar-refractivity contribution < 1.29 is 4.42 Å². The van der Waals surface area contributed by atoms with Gasteiger partial charge < -0.3 is 4.42 Å². The van der Waals surface area contributed by atoms with E-state index in [2.05, 4.69) is 18.2 Å². The Morgan fingerprint density at radius 1 is 0.439 bits per heavy atom. The van der Waals surface area contributed by atoms with E-state index in [-0.39, 0.29) is 0 Å². The summed E-state index contributed by atoms with van der Waals surface area (Å²) in [5.41, 5.74) is 6.67. The Labute approximate surface area is 235 Å². The Kier molecular flexibility index (Phi) is 5.35. The predicted octanol–water partition coefficient (Wildman–Crippen LogP) is 8.38. The molecule has 8 rings (SSSR count). The molecular weight excluding hydrogens is 506 g/mol. The van der Waals surface area contributed by atoms with Crippen LogP contribution in [0.3, 0.4) is 0 Å². The third-order valence-corrected chi connectivity index (χ3v) is 7.23. The van der Waals surface area contributed by atoms with Gasteiger partial charge in [-0.1, -0.05) is 84.9 Å². The molecule has 0 aliphatic rings. The summed E-state index contributed by atoms with van der Waals surface area (Å²) in [7, 11) is 0. The number of hydrogen-bond donors (Lipinski definition) is 0. The molecule has 0 aliphatic heterocycles. The lowest BCUT2D eigenvalue weighted by Gasteiger charge is -2.12. The fourth-order valence-electron chi connectivity index (χ4n) is 5.26. The van der Waals surface area contributed by atoms with E-state index in [1.165, 1.54) is 0 Å². The molecule has 0 unspecified atom stereocenters. The number of furan rings is 1. The molecule has 4 heterocycles. The SMILES string of the molecule is c1ccc(-c2nc(-c3ccccc3)nc(-c3ccc(-c4ccc5c(n4)oc4ccccc45)c4ncccc34)n2)cc1. The Morgan fingerprint density at radius 2 is 1.07 bits per heavy atom. The first-order valence-corrected chi connectivity index (χ1v) is 13.4. The van der Waals surface area contributed by atoms with Crippen molar-refractivity contribution >= 4 is 33.0 Å². The molecule has 41 heavy (non-hydrogen) atoms. The van der Waals surface area contributed by atoms with Gasteiger partial charge in [-0.2, -0.15) is 0 Å². The van der Waals surface area contributed by atoms with Crippen molar-refractivity contribution in [1.82, 2.24) is 24.9 Å². The van der Waals surface area contributed by atoms with Crippen molar-refractivity contribution in [2.45, 2.75) is 0 Å². The fourth-order valence-corrected chi connectivity index (χ4v) is 5.26. The molecule has 6 heteroatoms. The zero-order chi connectivity index (χ0) is 27.2. The van der Waals surface area contributed by atoms with Crippen LogP contribution in [-0.4, -0.2) is 24.9 Å². The zero-order valence-corrected chi connectivity index (χ0v) is 21.8. The molecule has 0 bridgehead atoms. The lowest BCUT2D eigenvalue weighted by atomic mass is 10.0. The minimum absolute atomic E-state index is 0.586. The van der Waals surface area contributed by atoms with Crippen LogP contribution in [-0.2, 0) is 0 Å². The molecule has 0 fully saturated rings. The molecule has 0 saturated heterocycles.